The fourth-order valence-electron chi connectivity index (χ4n) is 0. The molecule has 0 heterocycles. The van der Waals surface area contributed by atoms with Gasteiger partial charge in [-0.1, -0.05) is 41.5 Å². The zero-order valence-electron chi connectivity index (χ0n) is 13.2. The van der Waals surface area contributed by atoms with Crippen molar-refractivity contribution >= 4 is 0 Å². The Kier molecular flexibility index (Phi) is 289. The SMILES string of the molecule is CC[O-].CC[O-].CC[O-].CC[O-].CC[O-].CC[O-].[U+6]. The Bertz CT molecular complexity index is 37.7. The number of hydrogen-bond donors (Lipinski definition) is 0. The van der Waals surface area contributed by atoms with Crippen LogP contribution in [-0.2, 0) is 0 Å². The van der Waals surface area contributed by atoms with Crippen molar-refractivity contribution in [3.05, 3.63) is 0 Å². The maximum Gasteiger partial charge on any atom is 6.00 e. The number of hydrogen-bond acceptors (Lipinski definition) is 6. The fourth-order valence-corrected chi connectivity index (χ4v) is 0. The molecule has 0 aromatic rings. The van der Waals surface area contributed by atoms with E-state index in [0.717, 1.165) is 0 Å². The van der Waals surface area contributed by atoms with Gasteiger partial charge in [0.15, 0.2) is 0 Å². The van der Waals surface area contributed by atoms with Crippen LogP contribution in [0.3, 0.4) is 0 Å². The quantitative estimate of drug-likeness (QED) is 0.329. The molecule has 6 nitrogen and oxygen atoms in total. The van der Waals surface area contributed by atoms with Gasteiger partial charge in [-0.2, -0.15) is 0 Å². The first kappa shape index (κ1) is 42.7. The Balaban J connectivity index is -0.0000000180. The first-order valence-corrected chi connectivity index (χ1v) is 5.97. The second-order valence-corrected chi connectivity index (χ2v) is 1.73. The second kappa shape index (κ2) is 129. The molecule has 0 fully saturated rings. The van der Waals surface area contributed by atoms with E-state index >= 15 is 0 Å². The molecule has 118 valence electrons. The Labute approximate surface area is 142 Å². The standard InChI is InChI=1S/6C2H5O.U/c6*1-2-3;/h6*2H2,1H3;/q6*-1;+6. The van der Waals surface area contributed by atoms with Crippen molar-refractivity contribution in [3.8, 4) is 0 Å². The van der Waals surface area contributed by atoms with Crippen LogP contribution in [0, 0.1) is 31.1 Å². The molecule has 0 bridgehead atoms. The van der Waals surface area contributed by atoms with Gasteiger partial charge in [0.25, 0.3) is 0 Å². The fraction of sp³-hybridized carbons (Fsp3) is 1.00. The summed E-state index contributed by atoms with van der Waals surface area (Å²) in [6, 6.07) is 0. The maximum absolute atomic E-state index is 8.93. The molecule has 0 spiro atoms. The van der Waals surface area contributed by atoms with Crippen molar-refractivity contribution in [2.24, 2.45) is 0 Å². The summed E-state index contributed by atoms with van der Waals surface area (Å²) in [6.45, 7) is 9.42. The first-order valence-electron chi connectivity index (χ1n) is 5.97. The van der Waals surface area contributed by atoms with Gasteiger partial charge in [0.1, 0.15) is 0 Å². The van der Waals surface area contributed by atoms with Gasteiger partial charge in [-0.15, -0.1) is 39.6 Å². The van der Waals surface area contributed by atoms with Crippen LogP contribution in [0.15, 0.2) is 0 Å². The monoisotopic (exact) mass is 508 g/mol. The summed E-state index contributed by atoms with van der Waals surface area (Å²) >= 11 is 0. The van der Waals surface area contributed by atoms with E-state index < -0.39 is 0 Å². The number of rotatable bonds is 0. The largest absolute Gasteiger partial charge is 6.00 e. The van der Waals surface area contributed by atoms with Crippen molar-refractivity contribution in [2.75, 3.05) is 39.6 Å². The molecule has 0 saturated carbocycles. The second-order valence-electron chi connectivity index (χ2n) is 1.73. The van der Waals surface area contributed by atoms with Gasteiger partial charge in [-0.25, -0.2) is 0 Å². The average molecular weight is 508 g/mol. The van der Waals surface area contributed by atoms with Crippen LogP contribution >= 0.6 is 0 Å². The van der Waals surface area contributed by atoms with E-state index in [1.54, 1.807) is 41.5 Å². The molecule has 0 N–H and O–H groups in total. The van der Waals surface area contributed by atoms with Crippen LogP contribution < -0.4 is 30.6 Å². The predicted octanol–water partition coefficient (Wildman–Crippen LogP) is -3.80. The summed E-state index contributed by atoms with van der Waals surface area (Å²) in [4.78, 5) is 0. The van der Waals surface area contributed by atoms with E-state index in [9.17, 15) is 0 Å². The summed E-state index contributed by atoms with van der Waals surface area (Å²) in [7, 11) is 0. The van der Waals surface area contributed by atoms with Gasteiger partial charge in [-0.3, -0.25) is 0 Å². The summed E-state index contributed by atoms with van der Waals surface area (Å²) in [5.74, 6) is 0. The van der Waals surface area contributed by atoms with E-state index in [4.69, 9.17) is 30.6 Å². The molecule has 0 aromatic heterocycles. The Hall–Kier alpha value is 0.812. The smallest absolute Gasteiger partial charge is 0.855 e. The minimum absolute atomic E-state index is 0. The molecule has 0 atom stereocenters. The van der Waals surface area contributed by atoms with Crippen molar-refractivity contribution in [3.63, 3.8) is 0 Å². The van der Waals surface area contributed by atoms with Gasteiger partial charge >= 0.3 is 31.1 Å². The topological polar surface area (TPSA) is 138 Å². The van der Waals surface area contributed by atoms with E-state index in [-0.39, 0.29) is 70.8 Å². The molecule has 7 heteroatoms. The van der Waals surface area contributed by atoms with E-state index in [2.05, 4.69) is 0 Å². The Morgan fingerprint density at radius 2 is 0.368 bits per heavy atom. The van der Waals surface area contributed by atoms with Crippen molar-refractivity contribution < 1.29 is 61.8 Å². The molecular weight excluding hydrogens is 478 g/mol. The van der Waals surface area contributed by atoms with Crippen molar-refractivity contribution in [1.29, 1.82) is 0 Å². The van der Waals surface area contributed by atoms with Crippen LogP contribution in [0.4, 0.5) is 0 Å². The summed E-state index contributed by atoms with van der Waals surface area (Å²) in [5, 5.41) is 53.6. The summed E-state index contributed by atoms with van der Waals surface area (Å²) in [6.07, 6.45) is 0. The Morgan fingerprint density at radius 3 is 0.368 bits per heavy atom. The van der Waals surface area contributed by atoms with Gasteiger partial charge in [-0.05, 0) is 0 Å². The minimum atomic E-state index is 0. The summed E-state index contributed by atoms with van der Waals surface area (Å²) in [5.41, 5.74) is 0. The average Bonchev–Trinajstić information content (AvgIpc) is 2.23. The van der Waals surface area contributed by atoms with Gasteiger partial charge in [0, 0.05) is 0 Å². The van der Waals surface area contributed by atoms with Crippen molar-refractivity contribution in [2.45, 2.75) is 41.5 Å². The van der Waals surface area contributed by atoms with Gasteiger partial charge in [0.2, 0.25) is 0 Å². The van der Waals surface area contributed by atoms with Crippen molar-refractivity contribution in [1.82, 2.24) is 0 Å². The van der Waals surface area contributed by atoms with Crippen LogP contribution in [-0.4, -0.2) is 39.6 Å². The molecule has 0 amide bonds. The maximum atomic E-state index is 8.93. The van der Waals surface area contributed by atoms with Crippen LogP contribution in [0.5, 0.6) is 0 Å². The van der Waals surface area contributed by atoms with Crippen LogP contribution in [0.1, 0.15) is 41.5 Å². The summed E-state index contributed by atoms with van der Waals surface area (Å²) < 4.78 is 0. The molecule has 0 aliphatic rings. The van der Waals surface area contributed by atoms with E-state index in [1.165, 1.54) is 0 Å². The molecule has 0 unspecified atom stereocenters. The minimum Gasteiger partial charge on any atom is -0.855 e. The van der Waals surface area contributed by atoms with Gasteiger partial charge in [0.05, 0.1) is 0 Å². The van der Waals surface area contributed by atoms with Gasteiger partial charge < -0.3 is 30.6 Å². The Morgan fingerprint density at radius 1 is 0.368 bits per heavy atom. The predicted molar refractivity (Wildman–Crippen MR) is 63.2 cm³/mol. The van der Waals surface area contributed by atoms with Crippen LogP contribution in [0.2, 0.25) is 0 Å². The molecule has 19 heavy (non-hydrogen) atoms. The molecule has 0 radical (unpaired) electrons. The third-order valence-electron chi connectivity index (χ3n) is 0. The molecule has 0 aromatic carbocycles. The van der Waals surface area contributed by atoms with E-state index in [1.807, 2.05) is 0 Å². The first-order chi connectivity index (χ1) is 8.49. The third kappa shape index (κ3) is 8070. The zero-order valence-corrected chi connectivity index (χ0v) is 17.4. The zero-order chi connectivity index (χ0) is 16.2. The van der Waals surface area contributed by atoms with E-state index in [0.29, 0.717) is 0 Å². The third-order valence-corrected chi connectivity index (χ3v) is 0. The molecule has 0 rings (SSSR count). The molecular formula is C12H30O6U. The molecule has 0 saturated heterocycles. The van der Waals surface area contributed by atoms with Crippen LogP contribution in [0.25, 0.3) is 0 Å². The molecule has 0 aliphatic carbocycles. The molecule has 0 aliphatic heterocycles. The normalized spacial score (nSPS) is 5.68.